The van der Waals surface area contributed by atoms with Crippen molar-refractivity contribution in [2.75, 3.05) is 18.6 Å². The Morgan fingerprint density at radius 1 is 1.52 bits per heavy atom. The molecular weight excluding hydrogens is 292 g/mol. The smallest absolute Gasteiger partial charge is 0.322 e. The van der Waals surface area contributed by atoms with Crippen molar-refractivity contribution >= 4 is 29.2 Å². The van der Waals surface area contributed by atoms with E-state index in [-0.39, 0.29) is 17.9 Å². The fourth-order valence-corrected chi connectivity index (χ4v) is 2.72. The summed E-state index contributed by atoms with van der Waals surface area (Å²) in [7, 11) is 1.35. The molecule has 1 aromatic rings. The quantitative estimate of drug-likeness (QED) is 0.845. The second kappa shape index (κ2) is 6.91. The van der Waals surface area contributed by atoms with Gasteiger partial charge < -0.3 is 9.64 Å². The Kier molecular flexibility index (Phi) is 5.20. The number of carbonyl (C=O) groups is 2. The van der Waals surface area contributed by atoms with Crippen molar-refractivity contribution in [3.8, 4) is 0 Å². The van der Waals surface area contributed by atoms with Crippen LogP contribution in [0.1, 0.15) is 19.8 Å². The molecule has 21 heavy (non-hydrogen) atoms. The van der Waals surface area contributed by atoms with Crippen LogP contribution in [-0.2, 0) is 14.3 Å². The minimum atomic E-state index is -0.463. The zero-order valence-corrected chi connectivity index (χ0v) is 12.9. The molecule has 5 nitrogen and oxygen atoms in total. The van der Waals surface area contributed by atoms with Crippen molar-refractivity contribution in [3.63, 3.8) is 0 Å². The van der Waals surface area contributed by atoms with Gasteiger partial charge in [-0.2, -0.15) is 0 Å². The number of rotatable bonds is 5. The van der Waals surface area contributed by atoms with E-state index in [1.807, 2.05) is 25.1 Å². The molecule has 1 aliphatic heterocycles. The molecular formula is C15H19ClN2O3. The highest BCUT2D eigenvalue weighted by Crippen LogP contribution is 2.29. The lowest BCUT2D eigenvalue weighted by atomic mass is 10.1. The molecule has 6 heteroatoms. The third-order valence-corrected chi connectivity index (χ3v) is 3.96. The second-order valence-corrected chi connectivity index (χ2v) is 5.34. The molecule has 114 valence electrons. The highest BCUT2D eigenvalue weighted by atomic mass is 35.5. The van der Waals surface area contributed by atoms with Crippen molar-refractivity contribution in [2.24, 2.45) is 0 Å². The van der Waals surface area contributed by atoms with Gasteiger partial charge in [-0.05, 0) is 25.0 Å². The normalized spacial score (nSPS) is 19.7. The molecule has 1 heterocycles. The molecule has 1 aliphatic rings. The lowest BCUT2D eigenvalue weighted by Gasteiger charge is -2.21. The molecule has 2 atom stereocenters. The van der Waals surface area contributed by atoms with Crippen molar-refractivity contribution in [2.45, 2.75) is 31.8 Å². The molecule has 0 aromatic heterocycles. The number of esters is 1. The Morgan fingerprint density at radius 2 is 2.24 bits per heavy atom. The van der Waals surface area contributed by atoms with Crippen LogP contribution >= 0.6 is 11.6 Å². The highest BCUT2D eigenvalue weighted by molar-refractivity contribution is 6.33. The first-order valence-electron chi connectivity index (χ1n) is 6.98. The second-order valence-electron chi connectivity index (χ2n) is 4.93. The third kappa shape index (κ3) is 3.36. The number of hydrogen-bond acceptors (Lipinski definition) is 4. The van der Waals surface area contributed by atoms with Crippen molar-refractivity contribution in [3.05, 3.63) is 29.3 Å². The van der Waals surface area contributed by atoms with E-state index in [1.54, 1.807) is 11.0 Å². The number of benzene rings is 1. The van der Waals surface area contributed by atoms with Crippen LogP contribution in [0.15, 0.2) is 24.3 Å². The van der Waals surface area contributed by atoms with E-state index in [1.165, 1.54) is 7.11 Å². The van der Waals surface area contributed by atoms with Gasteiger partial charge in [-0.15, -0.1) is 0 Å². The van der Waals surface area contributed by atoms with Gasteiger partial charge in [-0.25, -0.2) is 0 Å². The highest BCUT2D eigenvalue weighted by Gasteiger charge is 2.35. The Hall–Kier alpha value is -1.59. The van der Waals surface area contributed by atoms with Gasteiger partial charge in [-0.1, -0.05) is 30.7 Å². The maximum atomic E-state index is 12.5. The summed E-state index contributed by atoms with van der Waals surface area (Å²) in [6.07, 6.45) is 1.21. The Morgan fingerprint density at radius 3 is 2.86 bits per heavy atom. The number of nitrogens with zero attached hydrogens (tertiary/aromatic N) is 1. The van der Waals surface area contributed by atoms with E-state index in [0.717, 1.165) is 0 Å². The van der Waals surface area contributed by atoms with E-state index in [9.17, 15) is 9.59 Å². The average molecular weight is 311 g/mol. The van der Waals surface area contributed by atoms with Crippen LogP contribution in [-0.4, -0.2) is 37.6 Å². The largest absolute Gasteiger partial charge is 0.468 e. The molecule has 1 saturated heterocycles. The van der Waals surface area contributed by atoms with E-state index in [2.05, 4.69) is 5.32 Å². The standard InChI is InChI=1S/C15H19ClN2O3/c1-3-11(15(20)21-2)17-12-8-9-18(14(12)19)13-7-5-4-6-10(13)16/h4-7,11-12,17H,3,8-9H2,1-2H3/t11-,12-/m0/s1. The number of hydrogen-bond donors (Lipinski definition) is 1. The van der Waals surface area contributed by atoms with Gasteiger partial charge >= 0.3 is 5.97 Å². The molecule has 0 aliphatic carbocycles. The first kappa shape index (κ1) is 15.8. The zero-order valence-electron chi connectivity index (χ0n) is 12.1. The lowest BCUT2D eigenvalue weighted by Crippen LogP contribution is -2.47. The third-order valence-electron chi connectivity index (χ3n) is 3.65. The number of carbonyl (C=O) groups excluding carboxylic acids is 2. The van der Waals surface area contributed by atoms with E-state index in [0.29, 0.717) is 30.1 Å². The summed E-state index contributed by atoms with van der Waals surface area (Å²) >= 11 is 6.13. The van der Waals surface area contributed by atoms with Gasteiger partial charge in [0.1, 0.15) is 6.04 Å². The fraction of sp³-hybridized carbons (Fsp3) is 0.467. The van der Waals surface area contributed by atoms with Crippen molar-refractivity contribution < 1.29 is 14.3 Å². The molecule has 1 amide bonds. The summed E-state index contributed by atoms with van der Waals surface area (Å²) in [5, 5.41) is 3.62. The van der Waals surface area contributed by atoms with Crippen molar-refractivity contribution in [1.82, 2.24) is 5.32 Å². The summed E-state index contributed by atoms with van der Waals surface area (Å²) in [5.74, 6) is -0.410. The van der Waals surface area contributed by atoms with Crippen LogP contribution in [0.2, 0.25) is 5.02 Å². The van der Waals surface area contributed by atoms with Crippen molar-refractivity contribution in [1.29, 1.82) is 0 Å². The minimum absolute atomic E-state index is 0.0644. The number of anilines is 1. The molecule has 1 aromatic carbocycles. The molecule has 0 spiro atoms. The first-order valence-corrected chi connectivity index (χ1v) is 7.36. The van der Waals surface area contributed by atoms with Crippen LogP contribution in [0.4, 0.5) is 5.69 Å². The monoisotopic (exact) mass is 310 g/mol. The van der Waals surface area contributed by atoms with Gasteiger partial charge in [0.2, 0.25) is 5.91 Å². The lowest BCUT2D eigenvalue weighted by molar-refractivity contribution is -0.143. The Balaban J connectivity index is 2.08. The summed E-state index contributed by atoms with van der Waals surface area (Å²) in [5.41, 5.74) is 0.708. The maximum Gasteiger partial charge on any atom is 0.322 e. The number of para-hydroxylation sites is 1. The van der Waals surface area contributed by atoms with Crippen LogP contribution in [0.5, 0.6) is 0 Å². The molecule has 0 unspecified atom stereocenters. The Labute approximate surface area is 129 Å². The zero-order chi connectivity index (χ0) is 15.4. The predicted molar refractivity (Wildman–Crippen MR) is 81.4 cm³/mol. The average Bonchev–Trinajstić information content (AvgIpc) is 2.85. The summed E-state index contributed by atoms with van der Waals surface area (Å²) < 4.78 is 4.73. The molecule has 0 saturated carbocycles. The van der Waals surface area contributed by atoms with Gasteiger partial charge in [0, 0.05) is 6.54 Å². The molecule has 2 rings (SSSR count). The topological polar surface area (TPSA) is 58.6 Å². The van der Waals surface area contributed by atoms with Crippen LogP contribution in [0.3, 0.4) is 0 Å². The molecule has 1 N–H and O–H groups in total. The van der Waals surface area contributed by atoms with Gasteiger partial charge in [-0.3, -0.25) is 14.9 Å². The van der Waals surface area contributed by atoms with E-state index in [4.69, 9.17) is 16.3 Å². The molecule has 0 radical (unpaired) electrons. The fourth-order valence-electron chi connectivity index (χ4n) is 2.48. The number of ether oxygens (including phenoxy) is 1. The first-order chi connectivity index (χ1) is 10.1. The van der Waals surface area contributed by atoms with E-state index >= 15 is 0 Å². The van der Waals surface area contributed by atoms with Crippen LogP contribution in [0, 0.1) is 0 Å². The number of nitrogens with one attached hydrogen (secondary N) is 1. The van der Waals surface area contributed by atoms with E-state index < -0.39 is 6.04 Å². The number of halogens is 1. The van der Waals surface area contributed by atoms with Crippen LogP contribution < -0.4 is 10.2 Å². The van der Waals surface area contributed by atoms with Gasteiger partial charge in [0.25, 0.3) is 0 Å². The summed E-state index contributed by atoms with van der Waals surface area (Å²) in [6.45, 7) is 2.46. The van der Waals surface area contributed by atoms with Gasteiger partial charge in [0.15, 0.2) is 0 Å². The maximum absolute atomic E-state index is 12.5. The molecule has 1 fully saturated rings. The summed E-state index contributed by atoms with van der Waals surface area (Å²) in [4.78, 5) is 25.7. The molecule has 0 bridgehead atoms. The number of methoxy groups -OCH3 is 1. The van der Waals surface area contributed by atoms with Gasteiger partial charge in [0.05, 0.1) is 23.9 Å². The summed E-state index contributed by atoms with van der Waals surface area (Å²) in [6, 6.07) is 6.40. The minimum Gasteiger partial charge on any atom is -0.468 e. The SMILES string of the molecule is CC[C@H](N[C@H]1CCN(c2ccccc2Cl)C1=O)C(=O)OC. The predicted octanol–water partition coefficient (Wildman–Crippen LogP) is 1.99. The Bertz CT molecular complexity index is 535. The number of amides is 1. The van der Waals surface area contributed by atoms with Crippen LogP contribution in [0.25, 0.3) is 0 Å².